The van der Waals surface area contributed by atoms with Gasteiger partial charge in [0.15, 0.2) is 6.04 Å². The molecule has 0 amide bonds. The summed E-state index contributed by atoms with van der Waals surface area (Å²) in [5.74, 6) is -0.709. The lowest BCUT2D eigenvalue weighted by Gasteiger charge is -2.07. The number of nitrogens with zero attached hydrogens (tertiary/aromatic N) is 2. The molecule has 7 heteroatoms. The number of halogens is 1. The van der Waals surface area contributed by atoms with E-state index in [9.17, 15) is 9.59 Å². The van der Waals surface area contributed by atoms with Gasteiger partial charge in [0.25, 0.3) is 0 Å². The standard InChI is InChI=1S/C9H15NO2.C6H11NO2.C3H5Br/c1-5-6-8(9(11)12-4)10-7(2)3;1-5(2)7-4-6(8)9-3;1-2-3-4/h5,8H,1,6H2,2-4H3;4-5H,1-3H3;2H,1,3H2. The fourth-order valence-corrected chi connectivity index (χ4v) is 1.07. The highest BCUT2D eigenvalue weighted by Crippen LogP contribution is 2.01. The molecule has 0 aliphatic rings. The van der Waals surface area contributed by atoms with E-state index in [0.717, 1.165) is 11.0 Å². The molecule has 0 aromatic carbocycles. The van der Waals surface area contributed by atoms with Crippen LogP contribution in [0.1, 0.15) is 34.1 Å². The molecule has 0 N–H and O–H groups in total. The molecule has 0 aromatic rings. The first-order chi connectivity index (χ1) is 11.7. The minimum atomic E-state index is -0.419. The van der Waals surface area contributed by atoms with Crippen LogP contribution in [0.5, 0.6) is 0 Å². The first kappa shape index (κ1) is 28.1. The number of allylic oxidation sites excluding steroid dienone is 1. The molecule has 25 heavy (non-hydrogen) atoms. The second-order valence-electron chi connectivity index (χ2n) is 4.98. The predicted molar refractivity (Wildman–Crippen MR) is 109 cm³/mol. The monoisotopic (exact) mass is 418 g/mol. The van der Waals surface area contributed by atoms with Crippen LogP contribution in [0.3, 0.4) is 0 Å². The summed E-state index contributed by atoms with van der Waals surface area (Å²) in [6, 6.07) is -0.262. The average Bonchev–Trinajstić information content (AvgIpc) is 2.58. The maximum absolute atomic E-state index is 11.1. The van der Waals surface area contributed by atoms with Gasteiger partial charge in [0.05, 0.1) is 14.2 Å². The molecule has 0 aliphatic carbocycles. The molecule has 0 heterocycles. The Hall–Kier alpha value is -1.76. The van der Waals surface area contributed by atoms with E-state index in [4.69, 9.17) is 0 Å². The van der Waals surface area contributed by atoms with E-state index in [2.05, 4.69) is 48.5 Å². The van der Waals surface area contributed by atoms with Gasteiger partial charge in [-0.05, 0) is 34.1 Å². The Morgan fingerprint density at radius 2 is 1.64 bits per heavy atom. The number of hydrogen-bond donors (Lipinski definition) is 0. The summed E-state index contributed by atoms with van der Waals surface area (Å²) in [7, 11) is 2.69. The lowest BCUT2D eigenvalue weighted by Crippen LogP contribution is -2.20. The van der Waals surface area contributed by atoms with Crippen molar-refractivity contribution in [3.63, 3.8) is 0 Å². The molecule has 0 radical (unpaired) electrons. The van der Waals surface area contributed by atoms with Crippen LogP contribution in [0.25, 0.3) is 0 Å². The molecule has 0 saturated carbocycles. The van der Waals surface area contributed by atoms with Gasteiger partial charge in [-0.25, -0.2) is 9.59 Å². The SMILES string of the molecule is C=CCBr.C=CCC(N=C(C)C)C(=O)OC.COC(=O)C=NC(C)C. The van der Waals surface area contributed by atoms with Gasteiger partial charge in [0, 0.05) is 17.1 Å². The number of alkyl halides is 1. The second-order valence-corrected chi connectivity index (χ2v) is 5.63. The zero-order valence-electron chi connectivity index (χ0n) is 16.1. The summed E-state index contributed by atoms with van der Waals surface area (Å²) in [6.45, 7) is 14.4. The van der Waals surface area contributed by atoms with Crippen LogP contribution in [0, 0.1) is 0 Å². The van der Waals surface area contributed by atoms with Gasteiger partial charge in [-0.2, -0.15) is 0 Å². The maximum Gasteiger partial charge on any atom is 0.348 e. The Balaban J connectivity index is -0.000000328. The molecule has 144 valence electrons. The van der Waals surface area contributed by atoms with Crippen LogP contribution in [0.2, 0.25) is 0 Å². The Morgan fingerprint density at radius 3 is 1.92 bits per heavy atom. The molecule has 0 bridgehead atoms. The van der Waals surface area contributed by atoms with Crippen LogP contribution < -0.4 is 0 Å². The number of hydrogen-bond acceptors (Lipinski definition) is 6. The highest BCUT2D eigenvalue weighted by molar-refractivity contribution is 9.09. The zero-order valence-corrected chi connectivity index (χ0v) is 17.7. The molecule has 1 atom stereocenters. The van der Waals surface area contributed by atoms with E-state index in [-0.39, 0.29) is 12.0 Å². The lowest BCUT2D eigenvalue weighted by atomic mass is 10.2. The summed E-state index contributed by atoms with van der Waals surface area (Å²) in [5.41, 5.74) is 0.868. The summed E-state index contributed by atoms with van der Waals surface area (Å²) in [5, 5.41) is 0.896. The third kappa shape index (κ3) is 24.6. The predicted octanol–water partition coefficient (Wildman–Crippen LogP) is 3.79. The van der Waals surface area contributed by atoms with Crippen LogP contribution >= 0.6 is 15.9 Å². The topological polar surface area (TPSA) is 77.3 Å². The van der Waals surface area contributed by atoms with Gasteiger partial charge in [-0.1, -0.05) is 28.1 Å². The van der Waals surface area contributed by atoms with Crippen molar-refractivity contribution in [3.8, 4) is 0 Å². The van der Waals surface area contributed by atoms with Crippen LogP contribution in [-0.4, -0.2) is 55.5 Å². The van der Waals surface area contributed by atoms with Crippen molar-refractivity contribution >= 4 is 39.8 Å². The van der Waals surface area contributed by atoms with Crippen molar-refractivity contribution in [2.45, 2.75) is 46.2 Å². The number of methoxy groups -OCH3 is 2. The third-order valence-corrected chi connectivity index (χ3v) is 2.52. The normalized spacial score (nSPS) is 10.4. The van der Waals surface area contributed by atoms with Crippen LogP contribution in [0.15, 0.2) is 35.3 Å². The highest BCUT2D eigenvalue weighted by Gasteiger charge is 2.15. The van der Waals surface area contributed by atoms with Gasteiger partial charge in [0.2, 0.25) is 0 Å². The van der Waals surface area contributed by atoms with Crippen molar-refractivity contribution in [1.82, 2.24) is 0 Å². The molecule has 0 aromatic heterocycles. The molecular formula is C18H31BrN2O4. The summed E-state index contributed by atoms with van der Waals surface area (Å²) >= 11 is 3.13. The Bertz CT molecular complexity index is 442. The lowest BCUT2D eigenvalue weighted by molar-refractivity contribution is -0.142. The summed E-state index contributed by atoms with van der Waals surface area (Å²) in [6.07, 6.45) is 5.16. The summed E-state index contributed by atoms with van der Waals surface area (Å²) < 4.78 is 8.88. The van der Waals surface area contributed by atoms with Gasteiger partial charge >= 0.3 is 11.9 Å². The molecule has 0 saturated heterocycles. The minimum absolute atomic E-state index is 0.157. The van der Waals surface area contributed by atoms with Crippen molar-refractivity contribution in [2.24, 2.45) is 9.98 Å². The molecule has 0 aliphatic heterocycles. The smallest absolute Gasteiger partial charge is 0.348 e. The third-order valence-electron chi connectivity index (χ3n) is 2.07. The highest BCUT2D eigenvalue weighted by atomic mass is 79.9. The fourth-order valence-electron chi connectivity index (χ4n) is 1.07. The Labute approximate surface area is 160 Å². The number of aliphatic imine (C=N–C) groups is 2. The molecule has 0 rings (SSSR count). The number of carbonyl (C=O) groups excluding carboxylic acids is 2. The number of ether oxygens (including phenoxy) is 2. The molecular weight excluding hydrogens is 388 g/mol. The van der Waals surface area contributed by atoms with E-state index in [1.807, 2.05) is 27.7 Å². The number of rotatable bonds is 7. The van der Waals surface area contributed by atoms with E-state index in [1.165, 1.54) is 20.4 Å². The number of esters is 2. The Kier molecular flexibility index (Phi) is 22.8. The van der Waals surface area contributed by atoms with Crippen LogP contribution in [0.4, 0.5) is 0 Å². The quantitative estimate of drug-likeness (QED) is 0.272. The van der Waals surface area contributed by atoms with Crippen molar-refractivity contribution in [3.05, 3.63) is 25.3 Å². The fraction of sp³-hybridized carbons (Fsp3) is 0.556. The molecule has 1 unspecified atom stereocenters. The minimum Gasteiger partial charge on any atom is -0.467 e. The van der Waals surface area contributed by atoms with E-state index in [0.29, 0.717) is 6.42 Å². The largest absolute Gasteiger partial charge is 0.467 e. The van der Waals surface area contributed by atoms with Crippen molar-refractivity contribution in [2.75, 3.05) is 19.5 Å². The first-order valence-corrected chi connectivity index (χ1v) is 8.79. The average molecular weight is 419 g/mol. The van der Waals surface area contributed by atoms with Crippen molar-refractivity contribution in [1.29, 1.82) is 0 Å². The molecule has 6 nitrogen and oxygen atoms in total. The Morgan fingerprint density at radius 1 is 1.12 bits per heavy atom. The second kappa shape index (κ2) is 20.3. The molecule has 0 fully saturated rings. The van der Waals surface area contributed by atoms with Gasteiger partial charge in [-0.15, -0.1) is 13.2 Å². The van der Waals surface area contributed by atoms with Crippen LogP contribution in [-0.2, 0) is 19.1 Å². The van der Waals surface area contributed by atoms with E-state index >= 15 is 0 Å². The van der Waals surface area contributed by atoms with Crippen molar-refractivity contribution < 1.29 is 19.1 Å². The number of carbonyl (C=O) groups is 2. The molecule has 0 spiro atoms. The first-order valence-electron chi connectivity index (χ1n) is 7.67. The van der Waals surface area contributed by atoms with Gasteiger partial charge in [0.1, 0.15) is 6.21 Å². The maximum atomic E-state index is 11.1. The van der Waals surface area contributed by atoms with E-state index in [1.54, 1.807) is 12.2 Å². The van der Waals surface area contributed by atoms with Gasteiger partial charge in [-0.3, -0.25) is 9.98 Å². The van der Waals surface area contributed by atoms with Gasteiger partial charge < -0.3 is 9.47 Å². The van der Waals surface area contributed by atoms with E-state index < -0.39 is 12.0 Å². The zero-order chi connectivity index (χ0) is 20.3. The summed E-state index contributed by atoms with van der Waals surface area (Å²) in [4.78, 5) is 29.3.